The Bertz CT molecular complexity index is 170. The summed E-state index contributed by atoms with van der Waals surface area (Å²) < 4.78 is 0. The van der Waals surface area contributed by atoms with Gasteiger partial charge in [-0.05, 0) is 6.42 Å². The van der Waals surface area contributed by atoms with Gasteiger partial charge in [-0.15, -0.1) is 0 Å². The van der Waals surface area contributed by atoms with Gasteiger partial charge in [-0.2, -0.15) is 5.10 Å². The van der Waals surface area contributed by atoms with E-state index in [9.17, 15) is 5.11 Å². The van der Waals surface area contributed by atoms with Crippen molar-refractivity contribution in [3.05, 3.63) is 0 Å². The Morgan fingerprint density at radius 1 is 1.62 bits per heavy atom. The summed E-state index contributed by atoms with van der Waals surface area (Å²) in [6, 6.07) is 0.219. The van der Waals surface area contributed by atoms with E-state index in [0.717, 1.165) is 19.3 Å². The van der Waals surface area contributed by atoms with Gasteiger partial charge in [0.1, 0.15) is 0 Å². The molecule has 1 aliphatic rings. The largest absolute Gasteiger partial charge is 0.391 e. The molecule has 0 fully saturated rings. The minimum Gasteiger partial charge on any atom is -0.391 e. The first-order chi connectivity index (χ1) is 6.25. The van der Waals surface area contributed by atoms with Gasteiger partial charge in [0.2, 0.25) is 0 Å². The van der Waals surface area contributed by atoms with Crippen molar-refractivity contribution < 1.29 is 5.11 Å². The number of likely N-dealkylation sites (N-methyl/N-ethyl adjacent to an activating group) is 1. The summed E-state index contributed by atoms with van der Waals surface area (Å²) in [7, 11) is 1.93. The van der Waals surface area contributed by atoms with Crippen LogP contribution in [0, 0.1) is 0 Å². The van der Waals surface area contributed by atoms with E-state index >= 15 is 0 Å². The number of hydrogen-bond donors (Lipinski definition) is 1. The van der Waals surface area contributed by atoms with Crippen molar-refractivity contribution in [2.24, 2.45) is 5.10 Å². The summed E-state index contributed by atoms with van der Waals surface area (Å²) >= 11 is 0. The van der Waals surface area contributed by atoms with E-state index in [1.807, 2.05) is 18.3 Å². The Labute approximate surface area is 80.4 Å². The summed E-state index contributed by atoms with van der Waals surface area (Å²) in [6.45, 7) is 2.18. The summed E-state index contributed by atoms with van der Waals surface area (Å²) in [5.74, 6) is 0. The second kappa shape index (κ2) is 5.22. The highest BCUT2D eigenvalue weighted by Crippen LogP contribution is 2.16. The second-order valence-corrected chi connectivity index (χ2v) is 3.74. The molecule has 1 heterocycles. The minimum atomic E-state index is -0.209. The fourth-order valence-corrected chi connectivity index (χ4v) is 1.72. The van der Waals surface area contributed by atoms with Crippen molar-refractivity contribution in [3.63, 3.8) is 0 Å². The van der Waals surface area contributed by atoms with Gasteiger partial charge in [0, 0.05) is 19.7 Å². The Hall–Kier alpha value is -0.570. The van der Waals surface area contributed by atoms with Crippen molar-refractivity contribution in [1.82, 2.24) is 5.01 Å². The van der Waals surface area contributed by atoms with Crippen molar-refractivity contribution in [2.75, 3.05) is 7.05 Å². The molecule has 76 valence electrons. The second-order valence-electron chi connectivity index (χ2n) is 3.74. The maximum absolute atomic E-state index is 9.82. The number of aliphatic hydroxyl groups is 1. The SMILES string of the molecule is CCCCCC(O)C1CC=NN1C. The van der Waals surface area contributed by atoms with Crippen LogP contribution in [-0.2, 0) is 0 Å². The number of unbranched alkanes of at least 4 members (excludes halogenated alkanes) is 2. The van der Waals surface area contributed by atoms with Crippen LogP contribution in [0.25, 0.3) is 0 Å². The van der Waals surface area contributed by atoms with Crippen LogP contribution in [-0.4, -0.2) is 35.5 Å². The molecule has 13 heavy (non-hydrogen) atoms. The van der Waals surface area contributed by atoms with Gasteiger partial charge >= 0.3 is 0 Å². The molecule has 0 saturated heterocycles. The lowest BCUT2D eigenvalue weighted by molar-refractivity contribution is 0.0691. The number of rotatable bonds is 5. The Morgan fingerprint density at radius 2 is 2.38 bits per heavy atom. The first kappa shape index (κ1) is 10.5. The van der Waals surface area contributed by atoms with Crippen LogP contribution in [0.4, 0.5) is 0 Å². The number of aliphatic hydroxyl groups excluding tert-OH is 1. The third kappa shape index (κ3) is 2.99. The van der Waals surface area contributed by atoms with Crippen molar-refractivity contribution in [1.29, 1.82) is 0 Å². The van der Waals surface area contributed by atoms with E-state index in [4.69, 9.17) is 0 Å². The minimum absolute atomic E-state index is 0.209. The molecule has 0 aromatic carbocycles. The average molecular weight is 184 g/mol. The third-order valence-corrected chi connectivity index (χ3v) is 2.64. The molecule has 2 unspecified atom stereocenters. The molecule has 0 saturated carbocycles. The standard InChI is InChI=1S/C10H20N2O/c1-3-4-5-6-10(13)9-7-8-11-12(9)2/h8-10,13H,3-7H2,1-2H3. The van der Waals surface area contributed by atoms with E-state index in [2.05, 4.69) is 12.0 Å². The lowest BCUT2D eigenvalue weighted by Crippen LogP contribution is -2.35. The quantitative estimate of drug-likeness (QED) is 0.659. The first-order valence-electron chi connectivity index (χ1n) is 5.19. The molecule has 1 N–H and O–H groups in total. The topological polar surface area (TPSA) is 35.8 Å². The van der Waals surface area contributed by atoms with E-state index in [1.54, 1.807) is 0 Å². The predicted molar refractivity (Wildman–Crippen MR) is 54.8 cm³/mol. The summed E-state index contributed by atoms with van der Waals surface area (Å²) in [4.78, 5) is 0. The van der Waals surface area contributed by atoms with Crippen LogP contribution in [0.1, 0.15) is 39.0 Å². The van der Waals surface area contributed by atoms with Gasteiger partial charge in [-0.1, -0.05) is 26.2 Å². The van der Waals surface area contributed by atoms with Crippen LogP contribution in [0.5, 0.6) is 0 Å². The molecule has 0 aromatic rings. The van der Waals surface area contributed by atoms with Gasteiger partial charge < -0.3 is 5.11 Å². The average Bonchev–Trinajstić information content (AvgIpc) is 2.52. The van der Waals surface area contributed by atoms with Gasteiger partial charge in [0.25, 0.3) is 0 Å². The molecular weight excluding hydrogens is 164 g/mol. The van der Waals surface area contributed by atoms with E-state index in [-0.39, 0.29) is 12.1 Å². The molecular formula is C10H20N2O. The van der Waals surface area contributed by atoms with Gasteiger partial charge in [0.15, 0.2) is 0 Å². The molecule has 0 aromatic heterocycles. The normalized spacial score (nSPS) is 23.9. The van der Waals surface area contributed by atoms with Gasteiger partial charge in [-0.3, -0.25) is 5.01 Å². The Morgan fingerprint density at radius 3 is 2.92 bits per heavy atom. The molecule has 0 spiro atoms. The fourth-order valence-electron chi connectivity index (χ4n) is 1.72. The highest BCUT2D eigenvalue weighted by atomic mass is 16.3. The van der Waals surface area contributed by atoms with E-state index in [1.165, 1.54) is 12.8 Å². The highest BCUT2D eigenvalue weighted by molar-refractivity contribution is 5.59. The van der Waals surface area contributed by atoms with Crippen LogP contribution in [0.15, 0.2) is 5.10 Å². The Balaban J connectivity index is 2.19. The molecule has 1 rings (SSSR count). The lowest BCUT2D eigenvalue weighted by atomic mass is 10.0. The molecule has 0 amide bonds. The van der Waals surface area contributed by atoms with Crippen molar-refractivity contribution >= 4 is 6.21 Å². The molecule has 3 nitrogen and oxygen atoms in total. The number of hydrazone groups is 1. The summed E-state index contributed by atoms with van der Waals surface area (Å²) in [5.41, 5.74) is 0. The molecule has 1 aliphatic heterocycles. The Kier molecular flexibility index (Phi) is 4.22. The highest BCUT2D eigenvalue weighted by Gasteiger charge is 2.24. The number of hydrogen-bond acceptors (Lipinski definition) is 3. The predicted octanol–water partition coefficient (Wildman–Crippen LogP) is 1.62. The van der Waals surface area contributed by atoms with Crippen molar-refractivity contribution in [2.45, 2.75) is 51.2 Å². The van der Waals surface area contributed by atoms with Crippen molar-refractivity contribution in [3.8, 4) is 0 Å². The van der Waals surface area contributed by atoms with Gasteiger partial charge in [-0.25, -0.2) is 0 Å². The fraction of sp³-hybridized carbons (Fsp3) is 0.900. The summed E-state index contributed by atoms with van der Waals surface area (Å²) in [6.07, 6.45) is 7.03. The van der Waals surface area contributed by atoms with Crippen LogP contribution in [0.2, 0.25) is 0 Å². The van der Waals surface area contributed by atoms with E-state index < -0.39 is 0 Å². The maximum Gasteiger partial charge on any atom is 0.0776 e. The van der Waals surface area contributed by atoms with Crippen LogP contribution >= 0.6 is 0 Å². The molecule has 0 radical (unpaired) electrons. The van der Waals surface area contributed by atoms with E-state index in [0.29, 0.717) is 0 Å². The third-order valence-electron chi connectivity index (χ3n) is 2.64. The first-order valence-corrected chi connectivity index (χ1v) is 5.19. The lowest BCUT2D eigenvalue weighted by Gasteiger charge is -2.24. The molecule has 0 bridgehead atoms. The molecule has 2 atom stereocenters. The molecule has 0 aliphatic carbocycles. The zero-order valence-corrected chi connectivity index (χ0v) is 8.61. The maximum atomic E-state index is 9.82. The smallest absolute Gasteiger partial charge is 0.0776 e. The summed E-state index contributed by atoms with van der Waals surface area (Å²) in [5, 5.41) is 15.8. The van der Waals surface area contributed by atoms with Crippen LogP contribution in [0.3, 0.4) is 0 Å². The molecule has 3 heteroatoms. The van der Waals surface area contributed by atoms with Crippen LogP contribution < -0.4 is 0 Å². The number of nitrogens with zero attached hydrogens (tertiary/aromatic N) is 2. The zero-order valence-electron chi connectivity index (χ0n) is 8.61. The monoisotopic (exact) mass is 184 g/mol. The zero-order chi connectivity index (χ0) is 9.68. The van der Waals surface area contributed by atoms with Gasteiger partial charge in [0.05, 0.1) is 12.1 Å².